The summed E-state index contributed by atoms with van der Waals surface area (Å²) in [7, 11) is 3.30. The van der Waals surface area contributed by atoms with Crippen LogP contribution in [0.2, 0.25) is 5.28 Å². The zero-order valence-electron chi connectivity index (χ0n) is 15.1. The van der Waals surface area contributed by atoms with Crippen LogP contribution >= 0.6 is 11.6 Å². The Morgan fingerprint density at radius 1 is 0.667 bits per heavy atom. The van der Waals surface area contributed by atoms with Gasteiger partial charge in [0, 0.05) is 0 Å². The van der Waals surface area contributed by atoms with E-state index in [1.165, 1.54) is 0 Å². The number of ether oxygens (including phenoxy) is 2. The molecule has 5 heteroatoms. The molecule has 0 saturated heterocycles. The topological polar surface area (TPSA) is 44.2 Å². The van der Waals surface area contributed by atoms with Crippen molar-refractivity contribution in [1.29, 1.82) is 0 Å². The largest absolute Gasteiger partial charge is 0.497 e. The van der Waals surface area contributed by atoms with Crippen molar-refractivity contribution in [1.82, 2.24) is 9.97 Å². The first-order valence-corrected chi connectivity index (χ1v) is 8.73. The van der Waals surface area contributed by atoms with E-state index in [2.05, 4.69) is 9.97 Å². The molecule has 2 aromatic carbocycles. The second-order valence-corrected chi connectivity index (χ2v) is 6.04. The van der Waals surface area contributed by atoms with E-state index in [0.29, 0.717) is 0 Å². The molecule has 0 radical (unpaired) electrons. The fourth-order valence-electron chi connectivity index (χ4n) is 2.42. The van der Waals surface area contributed by atoms with Crippen molar-refractivity contribution < 1.29 is 9.47 Å². The lowest BCUT2D eigenvalue weighted by Crippen LogP contribution is -1.90. The van der Waals surface area contributed by atoms with Gasteiger partial charge in [-0.3, -0.25) is 0 Å². The molecule has 3 aromatic rings. The summed E-state index contributed by atoms with van der Waals surface area (Å²) in [6, 6.07) is 17.4. The highest BCUT2D eigenvalue weighted by molar-refractivity contribution is 6.28. The van der Waals surface area contributed by atoms with Crippen LogP contribution in [-0.2, 0) is 0 Å². The summed E-state index contributed by atoms with van der Waals surface area (Å²) in [4.78, 5) is 8.51. The van der Waals surface area contributed by atoms with Gasteiger partial charge in [-0.1, -0.05) is 36.4 Å². The van der Waals surface area contributed by atoms with Gasteiger partial charge in [0.15, 0.2) is 0 Å². The van der Waals surface area contributed by atoms with E-state index < -0.39 is 0 Å². The van der Waals surface area contributed by atoms with Crippen molar-refractivity contribution in [2.45, 2.75) is 0 Å². The SMILES string of the molecule is COc1ccc(C=Cc2cc(C=Cc3ccc(OC)cc3)nc(Cl)n2)cc1. The fourth-order valence-corrected chi connectivity index (χ4v) is 2.61. The van der Waals surface area contributed by atoms with Crippen molar-refractivity contribution in [2.75, 3.05) is 14.2 Å². The number of rotatable bonds is 6. The lowest BCUT2D eigenvalue weighted by molar-refractivity contribution is 0.414. The molecule has 0 fully saturated rings. The van der Waals surface area contributed by atoms with Crippen LogP contribution in [0.15, 0.2) is 54.6 Å². The first-order chi connectivity index (χ1) is 13.2. The molecular weight excluding hydrogens is 360 g/mol. The molecule has 136 valence electrons. The number of aromatic nitrogens is 2. The molecule has 27 heavy (non-hydrogen) atoms. The number of hydrogen-bond acceptors (Lipinski definition) is 4. The van der Waals surface area contributed by atoms with E-state index in [4.69, 9.17) is 21.1 Å². The van der Waals surface area contributed by atoms with E-state index in [0.717, 1.165) is 34.0 Å². The van der Waals surface area contributed by atoms with Crippen LogP contribution in [0.25, 0.3) is 24.3 Å². The smallest absolute Gasteiger partial charge is 0.223 e. The summed E-state index contributed by atoms with van der Waals surface area (Å²) in [5, 5.41) is 0.210. The van der Waals surface area contributed by atoms with E-state index >= 15 is 0 Å². The van der Waals surface area contributed by atoms with Gasteiger partial charge in [-0.2, -0.15) is 0 Å². The molecule has 0 atom stereocenters. The molecule has 4 nitrogen and oxygen atoms in total. The molecule has 0 bridgehead atoms. The predicted molar refractivity (Wildman–Crippen MR) is 111 cm³/mol. The summed E-state index contributed by atoms with van der Waals surface area (Å²) < 4.78 is 10.3. The molecule has 0 saturated carbocycles. The lowest BCUT2D eigenvalue weighted by Gasteiger charge is -2.01. The monoisotopic (exact) mass is 378 g/mol. The highest BCUT2D eigenvalue weighted by Crippen LogP contribution is 2.17. The third-order valence-corrected chi connectivity index (χ3v) is 4.03. The quantitative estimate of drug-likeness (QED) is 0.532. The summed E-state index contributed by atoms with van der Waals surface area (Å²) in [6.07, 6.45) is 7.74. The van der Waals surface area contributed by atoms with E-state index in [-0.39, 0.29) is 5.28 Å². The Bertz CT molecular complexity index is 873. The number of nitrogens with zero attached hydrogens (tertiary/aromatic N) is 2. The van der Waals surface area contributed by atoms with Crippen LogP contribution in [0.1, 0.15) is 22.5 Å². The summed E-state index contributed by atoms with van der Waals surface area (Å²) in [5.74, 6) is 1.64. The molecule has 0 aliphatic carbocycles. The van der Waals surface area contributed by atoms with E-state index in [1.807, 2.05) is 78.9 Å². The van der Waals surface area contributed by atoms with Crippen molar-refractivity contribution in [3.8, 4) is 11.5 Å². The van der Waals surface area contributed by atoms with Crippen molar-refractivity contribution in [3.05, 3.63) is 82.4 Å². The maximum atomic E-state index is 6.07. The zero-order chi connectivity index (χ0) is 19.1. The van der Waals surface area contributed by atoms with Gasteiger partial charge in [0.2, 0.25) is 5.28 Å². The summed E-state index contributed by atoms with van der Waals surface area (Å²) in [5.41, 5.74) is 3.56. The van der Waals surface area contributed by atoms with E-state index in [9.17, 15) is 0 Å². The molecule has 1 aromatic heterocycles. The molecule has 3 rings (SSSR count). The minimum absolute atomic E-state index is 0.210. The minimum Gasteiger partial charge on any atom is -0.497 e. The molecule has 0 spiro atoms. The third kappa shape index (κ3) is 5.43. The number of methoxy groups -OCH3 is 2. The van der Waals surface area contributed by atoms with E-state index in [1.54, 1.807) is 14.2 Å². The molecule has 0 N–H and O–H groups in total. The maximum absolute atomic E-state index is 6.07. The Balaban J connectivity index is 1.76. The first-order valence-electron chi connectivity index (χ1n) is 8.35. The number of benzene rings is 2. The zero-order valence-corrected chi connectivity index (χ0v) is 15.9. The Morgan fingerprint density at radius 3 is 1.44 bits per heavy atom. The summed E-state index contributed by atoms with van der Waals surface area (Å²) >= 11 is 6.07. The molecule has 0 unspecified atom stereocenters. The third-order valence-electron chi connectivity index (χ3n) is 3.86. The van der Waals surface area contributed by atoms with Gasteiger partial charge < -0.3 is 9.47 Å². The molecule has 0 aliphatic heterocycles. The minimum atomic E-state index is 0.210. The Morgan fingerprint density at radius 2 is 1.07 bits per heavy atom. The van der Waals surface area contributed by atoms with Gasteiger partial charge in [0.05, 0.1) is 25.6 Å². The second-order valence-electron chi connectivity index (χ2n) is 5.70. The van der Waals surface area contributed by atoms with Crippen LogP contribution in [0, 0.1) is 0 Å². The normalized spacial score (nSPS) is 11.2. The maximum Gasteiger partial charge on any atom is 0.223 e. The molecular formula is C22H19ClN2O2. The Labute approximate surface area is 163 Å². The van der Waals surface area contributed by atoms with Crippen molar-refractivity contribution in [2.24, 2.45) is 0 Å². The first kappa shape index (κ1) is 18.7. The van der Waals surface area contributed by atoms with Gasteiger partial charge in [0.25, 0.3) is 0 Å². The van der Waals surface area contributed by atoms with Crippen molar-refractivity contribution >= 4 is 35.9 Å². The van der Waals surface area contributed by atoms with Gasteiger partial charge in [0.1, 0.15) is 11.5 Å². The molecule has 0 amide bonds. The average Bonchev–Trinajstić information content (AvgIpc) is 2.71. The molecule has 0 aliphatic rings. The van der Waals surface area contributed by atoms with Gasteiger partial charge in [-0.15, -0.1) is 0 Å². The van der Waals surface area contributed by atoms with Crippen molar-refractivity contribution in [3.63, 3.8) is 0 Å². The average molecular weight is 379 g/mol. The van der Waals surface area contributed by atoms with Gasteiger partial charge in [-0.25, -0.2) is 9.97 Å². The highest BCUT2D eigenvalue weighted by atomic mass is 35.5. The standard InChI is InChI=1S/C22H19ClN2O2/c1-26-20-11-5-16(6-12-20)3-9-18-15-19(25-22(23)24-18)10-4-17-7-13-21(27-2)14-8-17/h3-15H,1-2H3. The number of hydrogen-bond donors (Lipinski definition) is 0. The van der Waals surface area contributed by atoms with Crippen LogP contribution in [-0.4, -0.2) is 24.2 Å². The van der Waals surface area contributed by atoms with Crippen LogP contribution in [0.4, 0.5) is 0 Å². The van der Waals surface area contributed by atoms with Crippen LogP contribution in [0.5, 0.6) is 11.5 Å². The number of halogens is 1. The second kappa shape index (κ2) is 9.01. The highest BCUT2D eigenvalue weighted by Gasteiger charge is 1.99. The summed E-state index contributed by atoms with van der Waals surface area (Å²) in [6.45, 7) is 0. The Kier molecular flexibility index (Phi) is 6.23. The fraction of sp³-hybridized carbons (Fsp3) is 0.0909. The lowest BCUT2D eigenvalue weighted by atomic mass is 10.1. The predicted octanol–water partition coefficient (Wildman–Crippen LogP) is 5.49. The van der Waals surface area contributed by atoms with Gasteiger partial charge in [-0.05, 0) is 65.2 Å². The van der Waals surface area contributed by atoms with Gasteiger partial charge >= 0.3 is 0 Å². The van der Waals surface area contributed by atoms with Crippen LogP contribution < -0.4 is 9.47 Å². The van der Waals surface area contributed by atoms with Crippen LogP contribution in [0.3, 0.4) is 0 Å². The molecule has 1 heterocycles. The Hall–Kier alpha value is -3.11.